The van der Waals surface area contributed by atoms with Crippen LogP contribution in [0.1, 0.15) is 25.2 Å². The molecule has 21 heavy (non-hydrogen) atoms. The third-order valence-corrected chi connectivity index (χ3v) is 4.02. The molecule has 2 rings (SSSR count). The van der Waals surface area contributed by atoms with Gasteiger partial charge in [-0.1, -0.05) is 32.0 Å². The number of benzene rings is 1. The van der Waals surface area contributed by atoms with Gasteiger partial charge >= 0.3 is 0 Å². The van der Waals surface area contributed by atoms with Gasteiger partial charge in [-0.25, -0.2) is 12.8 Å². The average Bonchev–Trinajstić information content (AvgIpc) is 2.74. The first kappa shape index (κ1) is 15.9. The Labute approximate surface area is 127 Å². The Morgan fingerprint density at radius 3 is 2.52 bits per heavy atom. The van der Waals surface area contributed by atoms with Crippen LogP contribution >= 0.6 is 10.7 Å². The molecule has 114 valence electrons. The van der Waals surface area contributed by atoms with Crippen molar-refractivity contribution in [3.05, 3.63) is 41.5 Å². The lowest BCUT2D eigenvalue weighted by Crippen LogP contribution is -2.14. The van der Waals surface area contributed by atoms with Gasteiger partial charge in [-0.15, -0.1) is 10.2 Å². The molecule has 0 saturated carbocycles. The third-order valence-electron chi connectivity index (χ3n) is 2.87. The number of nitrogens with zero attached hydrogens (tertiary/aromatic N) is 3. The van der Waals surface area contributed by atoms with Gasteiger partial charge < -0.3 is 4.57 Å². The topological polar surface area (TPSA) is 64.8 Å². The predicted octanol–water partition coefficient (Wildman–Crippen LogP) is 2.59. The van der Waals surface area contributed by atoms with Crippen molar-refractivity contribution in [3.8, 4) is 0 Å². The Balaban J connectivity index is 2.45. The minimum Gasteiger partial charge on any atom is -0.300 e. The van der Waals surface area contributed by atoms with Crippen LogP contribution in [0.3, 0.4) is 0 Å². The Morgan fingerprint density at radius 2 is 1.95 bits per heavy atom. The molecule has 1 aromatic carbocycles. The molecule has 0 unspecified atom stereocenters. The van der Waals surface area contributed by atoms with Crippen LogP contribution in [0.2, 0.25) is 0 Å². The van der Waals surface area contributed by atoms with E-state index in [0.29, 0.717) is 17.9 Å². The summed E-state index contributed by atoms with van der Waals surface area (Å²) in [7, 11) is 1.38. The molecule has 5 nitrogen and oxygen atoms in total. The first-order chi connectivity index (χ1) is 9.79. The highest BCUT2D eigenvalue weighted by Crippen LogP contribution is 2.19. The molecule has 0 spiro atoms. The maximum Gasteiger partial charge on any atom is 0.296 e. The van der Waals surface area contributed by atoms with E-state index in [-0.39, 0.29) is 23.3 Å². The van der Waals surface area contributed by atoms with Gasteiger partial charge in [0.15, 0.2) is 0 Å². The number of hydrogen-bond donors (Lipinski definition) is 0. The molecule has 2 aromatic rings. The van der Waals surface area contributed by atoms with Crippen LogP contribution in [0.25, 0.3) is 0 Å². The van der Waals surface area contributed by atoms with Crippen LogP contribution < -0.4 is 0 Å². The van der Waals surface area contributed by atoms with Gasteiger partial charge in [0, 0.05) is 23.6 Å². The molecule has 0 radical (unpaired) electrons. The van der Waals surface area contributed by atoms with Crippen molar-refractivity contribution < 1.29 is 12.8 Å². The highest BCUT2D eigenvalue weighted by atomic mass is 35.7. The standard InChI is InChI=1S/C13H15ClFN3O2S/c1-9(2)8-18-12(16-17-13(18)21(14,19)20)7-10-5-3-4-6-11(10)15/h3-6,9H,7-8H2,1-2H3. The van der Waals surface area contributed by atoms with E-state index in [9.17, 15) is 12.8 Å². The smallest absolute Gasteiger partial charge is 0.296 e. The molecule has 0 bridgehead atoms. The lowest BCUT2D eigenvalue weighted by atomic mass is 10.1. The van der Waals surface area contributed by atoms with E-state index in [4.69, 9.17) is 10.7 Å². The van der Waals surface area contributed by atoms with Crippen molar-refractivity contribution in [2.24, 2.45) is 5.92 Å². The SMILES string of the molecule is CC(C)Cn1c(Cc2ccccc2F)nnc1S(=O)(=O)Cl. The number of halogens is 2. The van der Waals surface area contributed by atoms with Gasteiger partial charge in [0.05, 0.1) is 0 Å². The fourth-order valence-corrected chi connectivity index (χ4v) is 2.91. The third kappa shape index (κ3) is 3.79. The van der Waals surface area contributed by atoms with Crippen LogP contribution in [0.15, 0.2) is 29.4 Å². The van der Waals surface area contributed by atoms with Gasteiger partial charge in [-0.05, 0) is 17.5 Å². The molecule has 1 heterocycles. The van der Waals surface area contributed by atoms with Gasteiger partial charge in [0.1, 0.15) is 11.6 Å². The normalized spacial score (nSPS) is 12.0. The molecule has 0 fully saturated rings. The second-order valence-electron chi connectivity index (χ2n) is 5.11. The summed E-state index contributed by atoms with van der Waals surface area (Å²) in [5.74, 6) is 0.164. The van der Waals surface area contributed by atoms with Crippen molar-refractivity contribution in [2.75, 3.05) is 0 Å². The summed E-state index contributed by atoms with van der Waals surface area (Å²) in [5, 5.41) is 7.19. The molecule has 0 amide bonds. The Hall–Kier alpha value is -1.47. The first-order valence-electron chi connectivity index (χ1n) is 6.39. The number of rotatable bonds is 5. The summed E-state index contributed by atoms with van der Waals surface area (Å²) in [6.45, 7) is 4.24. The Bertz CT molecular complexity index is 744. The lowest BCUT2D eigenvalue weighted by molar-refractivity contribution is 0.473. The number of hydrogen-bond acceptors (Lipinski definition) is 4. The van der Waals surface area contributed by atoms with Gasteiger partial charge in [-0.3, -0.25) is 0 Å². The molecule has 1 aromatic heterocycles. The fourth-order valence-electron chi connectivity index (χ4n) is 1.99. The molecule has 0 N–H and O–H groups in total. The molecule has 0 aliphatic carbocycles. The van der Waals surface area contributed by atoms with Gasteiger partial charge in [0.2, 0.25) is 0 Å². The highest BCUT2D eigenvalue weighted by Gasteiger charge is 2.23. The van der Waals surface area contributed by atoms with E-state index in [1.54, 1.807) is 18.2 Å². The summed E-state index contributed by atoms with van der Waals surface area (Å²) in [5.41, 5.74) is 0.424. The van der Waals surface area contributed by atoms with Crippen molar-refractivity contribution in [3.63, 3.8) is 0 Å². The van der Waals surface area contributed by atoms with Crippen molar-refractivity contribution >= 4 is 19.7 Å². The summed E-state index contributed by atoms with van der Waals surface area (Å²) in [6.07, 6.45) is 0.152. The van der Waals surface area contributed by atoms with Crippen molar-refractivity contribution in [2.45, 2.75) is 32.0 Å². The van der Waals surface area contributed by atoms with E-state index in [1.165, 1.54) is 10.6 Å². The van der Waals surface area contributed by atoms with Crippen LogP contribution in [0.5, 0.6) is 0 Å². The maximum absolute atomic E-state index is 13.7. The molecule has 0 aliphatic rings. The largest absolute Gasteiger partial charge is 0.300 e. The van der Waals surface area contributed by atoms with Gasteiger partial charge in [-0.2, -0.15) is 0 Å². The van der Waals surface area contributed by atoms with Crippen LogP contribution in [-0.4, -0.2) is 23.2 Å². The minimum absolute atomic E-state index is 0.152. The monoisotopic (exact) mass is 331 g/mol. The summed E-state index contributed by atoms with van der Waals surface area (Å²) >= 11 is 0. The summed E-state index contributed by atoms with van der Waals surface area (Å²) < 4.78 is 38.2. The Morgan fingerprint density at radius 1 is 1.29 bits per heavy atom. The fraction of sp³-hybridized carbons (Fsp3) is 0.385. The van der Waals surface area contributed by atoms with Crippen LogP contribution in [0, 0.1) is 11.7 Å². The second-order valence-corrected chi connectivity index (χ2v) is 7.57. The zero-order chi connectivity index (χ0) is 15.6. The molecule has 0 aliphatic heterocycles. The average molecular weight is 332 g/mol. The first-order valence-corrected chi connectivity index (χ1v) is 8.70. The minimum atomic E-state index is -3.99. The van der Waals surface area contributed by atoms with Crippen LogP contribution in [0.4, 0.5) is 4.39 Å². The molecule has 8 heteroatoms. The van der Waals surface area contributed by atoms with E-state index in [1.807, 2.05) is 13.8 Å². The zero-order valence-corrected chi connectivity index (χ0v) is 13.2. The van der Waals surface area contributed by atoms with Crippen molar-refractivity contribution in [1.82, 2.24) is 14.8 Å². The predicted molar refractivity (Wildman–Crippen MR) is 77.1 cm³/mol. The zero-order valence-electron chi connectivity index (χ0n) is 11.6. The molecule has 0 atom stereocenters. The lowest BCUT2D eigenvalue weighted by Gasteiger charge is -2.11. The van der Waals surface area contributed by atoms with E-state index in [0.717, 1.165) is 0 Å². The van der Waals surface area contributed by atoms with Gasteiger partial charge in [0.25, 0.3) is 14.2 Å². The summed E-state index contributed by atoms with van der Waals surface area (Å²) in [4.78, 5) is 0. The van der Waals surface area contributed by atoms with E-state index < -0.39 is 9.05 Å². The quantitative estimate of drug-likeness (QED) is 0.790. The Kier molecular flexibility index (Phi) is 4.63. The highest BCUT2D eigenvalue weighted by molar-refractivity contribution is 8.13. The second kappa shape index (κ2) is 6.11. The molecular weight excluding hydrogens is 317 g/mol. The number of aromatic nitrogens is 3. The molecular formula is C13H15ClFN3O2S. The molecule has 0 saturated heterocycles. The van der Waals surface area contributed by atoms with Crippen molar-refractivity contribution in [1.29, 1.82) is 0 Å². The summed E-state index contributed by atoms with van der Waals surface area (Å²) in [6, 6.07) is 6.27. The maximum atomic E-state index is 13.7. The van der Waals surface area contributed by atoms with E-state index >= 15 is 0 Å². The van der Waals surface area contributed by atoms with E-state index in [2.05, 4.69) is 10.2 Å². The van der Waals surface area contributed by atoms with Crippen LogP contribution in [-0.2, 0) is 22.0 Å².